The van der Waals surface area contributed by atoms with E-state index in [4.69, 9.17) is 9.47 Å². The second-order valence-corrected chi connectivity index (χ2v) is 10.1. The smallest absolute Gasteiger partial charge is 0.343 e. The molecule has 38 heavy (non-hydrogen) atoms. The Kier molecular flexibility index (Phi) is 7.85. The molecule has 194 valence electrons. The predicted octanol–water partition coefficient (Wildman–Crippen LogP) is 6.92. The van der Waals surface area contributed by atoms with Gasteiger partial charge in [0.05, 0.1) is 11.1 Å². The standard InChI is InChI=1S/C33H33NO4/c1-23-9-13-26(14-10-23)32(35)37-29-21-28-8-6-7-25(17-20-34-18-4-3-5-19-34)31(28)30(22-29)38-33(36)27-15-11-24(2)12-16-27/h6-16,21-22H,3-5,17-20H2,1-2H3. The van der Waals surface area contributed by atoms with Gasteiger partial charge in [-0.25, -0.2) is 9.59 Å². The summed E-state index contributed by atoms with van der Waals surface area (Å²) in [7, 11) is 0. The summed E-state index contributed by atoms with van der Waals surface area (Å²) >= 11 is 0. The summed E-state index contributed by atoms with van der Waals surface area (Å²) in [4.78, 5) is 28.5. The molecule has 5 nitrogen and oxygen atoms in total. The van der Waals surface area contributed by atoms with Gasteiger partial charge in [-0.1, -0.05) is 60.0 Å². The molecule has 0 atom stereocenters. The molecule has 0 aliphatic carbocycles. The fourth-order valence-corrected chi connectivity index (χ4v) is 4.95. The minimum Gasteiger partial charge on any atom is -0.423 e. The maximum atomic E-state index is 13.1. The van der Waals surface area contributed by atoms with Gasteiger partial charge in [-0.15, -0.1) is 0 Å². The number of nitrogens with zero attached hydrogens (tertiary/aromatic N) is 1. The van der Waals surface area contributed by atoms with E-state index in [2.05, 4.69) is 11.0 Å². The number of ether oxygens (including phenoxy) is 2. The molecule has 0 spiro atoms. The first-order chi connectivity index (χ1) is 18.5. The van der Waals surface area contributed by atoms with Gasteiger partial charge in [0.2, 0.25) is 0 Å². The minimum atomic E-state index is -0.457. The lowest BCUT2D eigenvalue weighted by Gasteiger charge is -2.26. The van der Waals surface area contributed by atoms with E-state index in [0.717, 1.165) is 53.5 Å². The Labute approximate surface area is 224 Å². The number of aryl methyl sites for hydroxylation is 2. The van der Waals surface area contributed by atoms with Crippen molar-refractivity contribution in [3.05, 3.63) is 107 Å². The average molecular weight is 508 g/mol. The third kappa shape index (κ3) is 6.12. The van der Waals surface area contributed by atoms with E-state index >= 15 is 0 Å². The number of benzene rings is 4. The summed E-state index contributed by atoms with van der Waals surface area (Å²) in [6.45, 7) is 7.14. The van der Waals surface area contributed by atoms with E-state index in [9.17, 15) is 9.59 Å². The lowest BCUT2D eigenvalue weighted by atomic mass is 10.00. The number of piperidine rings is 1. The summed E-state index contributed by atoms with van der Waals surface area (Å²) in [5.74, 6) is -0.169. The van der Waals surface area contributed by atoms with Crippen molar-refractivity contribution in [2.75, 3.05) is 19.6 Å². The maximum absolute atomic E-state index is 13.1. The van der Waals surface area contributed by atoms with E-state index < -0.39 is 11.9 Å². The van der Waals surface area contributed by atoms with Gasteiger partial charge in [-0.05, 0) is 87.5 Å². The van der Waals surface area contributed by atoms with Gasteiger partial charge in [0.25, 0.3) is 0 Å². The topological polar surface area (TPSA) is 55.8 Å². The molecule has 1 aliphatic heterocycles. The molecule has 0 saturated carbocycles. The van der Waals surface area contributed by atoms with Crippen molar-refractivity contribution in [3.8, 4) is 11.5 Å². The number of hydrogen-bond donors (Lipinski definition) is 0. The van der Waals surface area contributed by atoms with Gasteiger partial charge in [-0.2, -0.15) is 0 Å². The van der Waals surface area contributed by atoms with Crippen LogP contribution in [0.25, 0.3) is 10.8 Å². The largest absolute Gasteiger partial charge is 0.423 e. The zero-order valence-corrected chi connectivity index (χ0v) is 22.0. The third-order valence-corrected chi connectivity index (χ3v) is 7.13. The number of hydrogen-bond acceptors (Lipinski definition) is 5. The van der Waals surface area contributed by atoms with E-state index in [1.165, 1.54) is 19.3 Å². The average Bonchev–Trinajstić information content (AvgIpc) is 2.93. The molecule has 0 aromatic heterocycles. The molecule has 0 unspecified atom stereocenters. The van der Waals surface area contributed by atoms with Crippen LogP contribution in [0.3, 0.4) is 0 Å². The molecule has 1 saturated heterocycles. The minimum absolute atomic E-state index is 0.336. The molecule has 1 heterocycles. The number of fused-ring (bicyclic) bond motifs is 1. The number of carbonyl (C=O) groups excluding carboxylic acids is 2. The maximum Gasteiger partial charge on any atom is 0.343 e. The van der Waals surface area contributed by atoms with E-state index in [-0.39, 0.29) is 0 Å². The highest BCUT2D eigenvalue weighted by Crippen LogP contribution is 2.35. The number of likely N-dealkylation sites (tertiary alicyclic amines) is 1. The van der Waals surface area contributed by atoms with Crippen LogP contribution in [0.5, 0.6) is 11.5 Å². The number of carbonyl (C=O) groups is 2. The molecular weight excluding hydrogens is 474 g/mol. The lowest BCUT2D eigenvalue weighted by molar-refractivity contribution is 0.0734. The Morgan fingerprint density at radius 1 is 0.737 bits per heavy atom. The summed E-state index contributed by atoms with van der Waals surface area (Å²) < 4.78 is 11.7. The van der Waals surface area contributed by atoms with Gasteiger partial charge in [0.15, 0.2) is 0 Å². The summed E-state index contributed by atoms with van der Waals surface area (Å²) in [6.07, 6.45) is 4.62. The highest BCUT2D eigenvalue weighted by molar-refractivity contribution is 5.98. The molecule has 4 aromatic carbocycles. The molecule has 5 rings (SSSR count). The first-order valence-electron chi connectivity index (χ1n) is 13.3. The highest BCUT2D eigenvalue weighted by atomic mass is 16.5. The Bertz CT molecular complexity index is 1430. The fourth-order valence-electron chi connectivity index (χ4n) is 4.95. The van der Waals surface area contributed by atoms with Crippen molar-refractivity contribution >= 4 is 22.7 Å². The SMILES string of the molecule is Cc1ccc(C(=O)Oc2cc(OC(=O)c3ccc(C)cc3)c3c(CCN4CCCCC4)cccc3c2)cc1. The first-order valence-corrected chi connectivity index (χ1v) is 13.3. The van der Waals surface area contributed by atoms with Gasteiger partial charge in [-0.3, -0.25) is 0 Å². The Hall–Kier alpha value is -3.96. The van der Waals surface area contributed by atoms with Gasteiger partial charge in [0, 0.05) is 18.0 Å². The molecule has 0 radical (unpaired) electrons. The van der Waals surface area contributed by atoms with Crippen LogP contribution in [-0.4, -0.2) is 36.5 Å². The third-order valence-electron chi connectivity index (χ3n) is 7.13. The second-order valence-electron chi connectivity index (χ2n) is 10.1. The summed E-state index contributed by atoms with van der Waals surface area (Å²) in [5.41, 5.74) is 4.17. The first kappa shape index (κ1) is 25.7. The normalized spacial score (nSPS) is 13.8. The predicted molar refractivity (Wildman–Crippen MR) is 150 cm³/mol. The molecular formula is C33H33NO4. The van der Waals surface area contributed by atoms with Crippen LogP contribution >= 0.6 is 0 Å². The molecule has 4 aromatic rings. The van der Waals surface area contributed by atoms with Crippen LogP contribution in [0.15, 0.2) is 78.9 Å². The van der Waals surface area contributed by atoms with E-state index in [1.54, 1.807) is 30.3 Å². The Morgan fingerprint density at radius 3 is 1.97 bits per heavy atom. The quantitative estimate of drug-likeness (QED) is 0.201. The molecule has 5 heteroatoms. The molecule has 1 fully saturated rings. The van der Waals surface area contributed by atoms with E-state index in [1.807, 2.05) is 56.3 Å². The van der Waals surface area contributed by atoms with Crippen LogP contribution in [-0.2, 0) is 6.42 Å². The van der Waals surface area contributed by atoms with Gasteiger partial charge >= 0.3 is 11.9 Å². The summed E-state index contributed by atoms with van der Waals surface area (Å²) in [6, 6.07) is 24.1. The van der Waals surface area contributed by atoms with Crippen LogP contribution in [0.1, 0.15) is 56.7 Å². The van der Waals surface area contributed by atoms with Crippen LogP contribution in [0.4, 0.5) is 0 Å². The van der Waals surface area contributed by atoms with Gasteiger partial charge < -0.3 is 14.4 Å². The number of rotatable bonds is 7. The van der Waals surface area contributed by atoms with Crippen LogP contribution in [0.2, 0.25) is 0 Å². The van der Waals surface area contributed by atoms with Crippen molar-refractivity contribution in [1.29, 1.82) is 0 Å². The Balaban J connectivity index is 1.48. The van der Waals surface area contributed by atoms with Crippen molar-refractivity contribution < 1.29 is 19.1 Å². The van der Waals surface area contributed by atoms with Gasteiger partial charge in [0.1, 0.15) is 11.5 Å². The Morgan fingerprint density at radius 2 is 1.34 bits per heavy atom. The zero-order valence-electron chi connectivity index (χ0n) is 22.0. The monoisotopic (exact) mass is 507 g/mol. The van der Waals surface area contributed by atoms with Crippen molar-refractivity contribution in [1.82, 2.24) is 4.90 Å². The van der Waals surface area contributed by atoms with E-state index in [0.29, 0.717) is 22.6 Å². The van der Waals surface area contributed by atoms with Crippen LogP contribution in [0, 0.1) is 13.8 Å². The fraction of sp³-hybridized carbons (Fsp3) is 0.273. The number of esters is 2. The molecule has 0 bridgehead atoms. The molecule has 0 amide bonds. The van der Waals surface area contributed by atoms with Crippen molar-refractivity contribution in [2.24, 2.45) is 0 Å². The van der Waals surface area contributed by atoms with Crippen molar-refractivity contribution in [3.63, 3.8) is 0 Å². The summed E-state index contributed by atoms with van der Waals surface area (Å²) in [5, 5.41) is 1.74. The van der Waals surface area contributed by atoms with Crippen molar-refractivity contribution in [2.45, 2.75) is 39.5 Å². The highest BCUT2D eigenvalue weighted by Gasteiger charge is 2.18. The lowest BCUT2D eigenvalue weighted by Crippen LogP contribution is -2.31. The van der Waals surface area contributed by atoms with Crippen LogP contribution < -0.4 is 9.47 Å². The zero-order chi connectivity index (χ0) is 26.5. The molecule has 0 N–H and O–H groups in total. The second kappa shape index (κ2) is 11.6. The molecule has 1 aliphatic rings.